The van der Waals surface area contributed by atoms with E-state index >= 15 is 0 Å². The number of esters is 1. The van der Waals surface area contributed by atoms with Gasteiger partial charge in [-0.15, -0.1) is 0 Å². The van der Waals surface area contributed by atoms with Crippen molar-refractivity contribution in [2.45, 2.75) is 32.2 Å². The number of ether oxygens (including phenoxy) is 1. The highest BCUT2D eigenvalue weighted by Gasteiger charge is 2.31. The van der Waals surface area contributed by atoms with Crippen molar-refractivity contribution in [2.75, 3.05) is 19.7 Å². The lowest BCUT2D eigenvalue weighted by Gasteiger charge is -2.22. The fraction of sp³-hybridized carbons (Fsp3) is 0.692. The lowest BCUT2D eigenvalue weighted by molar-refractivity contribution is -0.148. The van der Waals surface area contributed by atoms with E-state index in [1.165, 1.54) is 5.69 Å². The van der Waals surface area contributed by atoms with Crippen molar-refractivity contribution in [3.8, 4) is 0 Å². The molecule has 1 fully saturated rings. The van der Waals surface area contributed by atoms with Crippen LogP contribution in [0.3, 0.4) is 0 Å². The van der Waals surface area contributed by atoms with Gasteiger partial charge in [0.1, 0.15) is 6.04 Å². The quantitative estimate of drug-likeness (QED) is 0.732. The molecule has 1 aliphatic heterocycles. The van der Waals surface area contributed by atoms with Crippen molar-refractivity contribution in [3.63, 3.8) is 0 Å². The smallest absolute Gasteiger partial charge is 0.323 e. The van der Waals surface area contributed by atoms with Crippen LogP contribution in [-0.4, -0.2) is 46.4 Å². The third-order valence-electron chi connectivity index (χ3n) is 3.50. The summed E-state index contributed by atoms with van der Waals surface area (Å²) in [6.07, 6.45) is 4.73. The molecule has 5 nitrogen and oxygen atoms in total. The summed E-state index contributed by atoms with van der Waals surface area (Å²) in [7, 11) is 1.95. The van der Waals surface area contributed by atoms with E-state index in [0.29, 0.717) is 6.61 Å². The van der Waals surface area contributed by atoms with E-state index in [-0.39, 0.29) is 12.0 Å². The fourth-order valence-electron chi connectivity index (χ4n) is 2.50. The average Bonchev–Trinajstić information content (AvgIpc) is 2.95. The Morgan fingerprint density at radius 3 is 3.11 bits per heavy atom. The van der Waals surface area contributed by atoms with E-state index in [1.54, 1.807) is 0 Å². The van der Waals surface area contributed by atoms with Crippen molar-refractivity contribution in [3.05, 3.63) is 18.0 Å². The summed E-state index contributed by atoms with van der Waals surface area (Å²) in [6, 6.07) is 1.98. The van der Waals surface area contributed by atoms with Crippen LogP contribution in [-0.2, 0) is 23.0 Å². The number of aryl methyl sites for hydroxylation is 1. The first-order valence-corrected chi connectivity index (χ1v) is 6.60. The van der Waals surface area contributed by atoms with Crippen LogP contribution in [0.4, 0.5) is 0 Å². The molecule has 5 heteroatoms. The van der Waals surface area contributed by atoms with E-state index in [0.717, 1.165) is 32.4 Å². The molecule has 2 heterocycles. The van der Waals surface area contributed by atoms with E-state index in [9.17, 15) is 4.79 Å². The SMILES string of the molecule is CCOC(=O)C1CCCN1CCc1ccnn1C. The molecule has 18 heavy (non-hydrogen) atoms. The van der Waals surface area contributed by atoms with Gasteiger partial charge in [-0.1, -0.05) is 0 Å². The first kappa shape index (κ1) is 13.1. The van der Waals surface area contributed by atoms with Crippen LogP contribution < -0.4 is 0 Å². The number of aromatic nitrogens is 2. The molecule has 100 valence electrons. The minimum atomic E-state index is -0.0694. The zero-order valence-corrected chi connectivity index (χ0v) is 11.1. The molecule has 0 N–H and O–H groups in total. The average molecular weight is 251 g/mol. The molecule has 1 atom stereocenters. The van der Waals surface area contributed by atoms with Crippen LogP contribution in [0.25, 0.3) is 0 Å². The predicted molar refractivity (Wildman–Crippen MR) is 68.1 cm³/mol. The third-order valence-corrected chi connectivity index (χ3v) is 3.50. The largest absolute Gasteiger partial charge is 0.465 e. The first-order valence-electron chi connectivity index (χ1n) is 6.60. The predicted octanol–water partition coefficient (Wildman–Crippen LogP) is 0.990. The minimum absolute atomic E-state index is 0.0434. The highest BCUT2D eigenvalue weighted by molar-refractivity contribution is 5.76. The Kier molecular flexibility index (Phi) is 4.36. The summed E-state index contributed by atoms with van der Waals surface area (Å²) in [4.78, 5) is 14.0. The van der Waals surface area contributed by atoms with Crippen LogP contribution in [0.1, 0.15) is 25.5 Å². The Bertz CT molecular complexity index is 403. The van der Waals surface area contributed by atoms with Crippen molar-refractivity contribution in [2.24, 2.45) is 7.05 Å². The zero-order valence-electron chi connectivity index (χ0n) is 11.1. The first-order chi connectivity index (χ1) is 8.72. The molecule has 0 bridgehead atoms. The van der Waals surface area contributed by atoms with Gasteiger partial charge in [-0.05, 0) is 32.4 Å². The molecule has 0 aromatic carbocycles. The number of carbonyl (C=O) groups is 1. The summed E-state index contributed by atoms with van der Waals surface area (Å²) < 4.78 is 7.00. The van der Waals surface area contributed by atoms with Gasteiger partial charge in [-0.2, -0.15) is 5.10 Å². The molecule has 1 aromatic rings. The molecule has 0 amide bonds. The van der Waals surface area contributed by atoms with Gasteiger partial charge in [-0.25, -0.2) is 0 Å². The summed E-state index contributed by atoms with van der Waals surface area (Å²) in [5, 5.41) is 4.15. The maximum Gasteiger partial charge on any atom is 0.323 e. The number of rotatable bonds is 5. The molecular formula is C13H21N3O2. The van der Waals surface area contributed by atoms with Crippen molar-refractivity contribution >= 4 is 5.97 Å². The van der Waals surface area contributed by atoms with Crippen molar-refractivity contribution < 1.29 is 9.53 Å². The third kappa shape index (κ3) is 2.90. The Morgan fingerprint density at radius 1 is 1.61 bits per heavy atom. The standard InChI is InChI=1S/C13H21N3O2/c1-3-18-13(17)12-5-4-9-16(12)10-7-11-6-8-14-15(11)2/h6,8,12H,3-5,7,9-10H2,1-2H3. The van der Waals surface area contributed by atoms with Gasteiger partial charge in [0.25, 0.3) is 0 Å². The second-order valence-electron chi connectivity index (χ2n) is 4.64. The van der Waals surface area contributed by atoms with Gasteiger partial charge in [0.05, 0.1) is 6.61 Å². The Morgan fingerprint density at radius 2 is 2.44 bits per heavy atom. The van der Waals surface area contributed by atoms with Crippen molar-refractivity contribution in [1.29, 1.82) is 0 Å². The topological polar surface area (TPSA) is 47.4 Å². The molecular weight excluding hydrogens is 230 g/mol. The van der Waals surface area contributed by atoms with Crippen LogP contribution >= 0.6 is 0 Å². The number of hydrogen-bond donors (Lipinski definition) is 0. The molecule has 1 aromatic heterocycles. The summed E-state index contributed by atoms with van der Waals surface area (Å²) in [5.41, 5.74) is 1.20. The van der Waals surface area contributed by atoms with E-state index in [1.807, 2.05) is 30.9 Å². The monoisotopic (exact) mass is 251 g/mol. The molecule has 1 aliphatic rings. The van der Waals surface area contributed by atoms with E-state index < -0.39 is 0 Å². The Labute approximate surface area is 108 Å². The number of hydrogen-bond acceptors (Lipinski definition) is 4. The maximum absolute atomic E-state index is 11.8. The van der Waals surface area contributed by atoms with Gasteiger partial charge in [0, 0.05) is 31.9 Å². The molecule has 1 saturated heterocycles. The molecule has 0 radical (unpaired) electrons. The second-order valence-corrected chi connectivity index (χ2v) is 4.64. The van der Waals surface area contributed by atoms with Gasteiger partial charge in [-0.3, -0.25) is 14.4 Å². The molecule has 2 rings (SSSR count). The van der Waals surface area contributed by atoms with Crippen LogP contribution in [0, 0.1) is 0 Å². The molecule has 0 spiro atoms. The lowest BCUT2D eigenvalue weighted by atomic mass is 10.2. The number of nitrogens with zero attached hydrogens (tertiary/aromatic N) is 3. The van der Waals surface area contributed by atoms with Crippen LogP contribution in [0.2, 0.25) is 0 Å². The number of likely N-dealkylation sites (tertiary alicyclic amines) is 1. The lowest BCUT2D eigenvalue weighted by Crippen LogP contribution is -2.38. The Balaban J connectivity index is 1.88. The molecule has 0 aliphatic carbocycles. The van der Waals surface area contributed by atoms with Gasteiger partial charge in [0.15, 0.2) is 0 Å². The van der Waals surface area contributed by atoms with Crippen LogP contribution in [0.5, 0.6) is 0 Å². The zero-order chi connectivity index (χ0) is 13.0. The molecule has 0 saturated carbocycles. The highest BCUT2D eigenvalue weighted by Crippen LogP contribution is 2.18. The fourth-order valence-corrected chi connectivity index (χ4v) is 2.50. The van der Waals surface area contributed by atoms with Gasteiger partial charge >= 0.3 is 5.97 Å². The maximum atomic E-state index is 11.8. The number of carbonyl (C=O) groups excluding carboxylic acids is 1. The van der Waals surface area contributed by atoms with Gasteiger partial charge in [0.2, 0.25) is 0 Å². The van der Waals surface area contributed by atoms with Gasteiger partial charge < -0.3 is 4.74 Å². The van der Waals surface area contributed by atoms with E-state index in [4.69, 9.17) is 4.74 Å². The Hall–Kier alpha value is -1.36. The normalized spacial score (nSPS) is 20.2. The summed E-state index contributed by atoms with van der Waals surface area (Å²) >= 11 is 0. The summed E-state index contributed by atoms with van der Waals surface area (Å²) in [6.45, 7) is 4.20. The van der Waals surface area contributed by atoms with Crippen LogP contribution in [0.15, 0.2) is 12.3 Å². The van der Waals surface area contributed by atoms with E-state index in [2.05, 4.69) is 10.00 Å². The van der Waals surface area contributed by atoms with Crippen molar-refractivity contribution in [1.82, 2.24) is 14.7 Å². The minimum Gasteiger partial charge on any atom is -0.465 e. The second kappa shape index (κ2) is 6.00. The highest BCUT2D eigenvalue weighted by atomic mass is 16.5. The summed E-state index contributed by atoms with van der Waals surface area (Å²) in [5.74, 6) is -0.0694. The molecule has 1 unspecified atom stereocenters.